The third-order valence-electron chi connectivity index (χ3n) is 11.7. The van der Waals surface area contributed by atoms with Crippen LogP contribution >= 0.6 is 7.82 Å². The second-order valence-corrected chi connectivity index (χ2v) is 19.1. The van der Waals surface area contributed by atoms with E-state index in [-0.39, 0.29) is 13.0 Å². The molecular formula is C50H93O12P. The molecule has 0 aromatic rings. The molecule has 0 bridgehead atoms. The molecule has 63 heavy (non-hydrogen) atoms. The highest BCUT2D eigenvalue weighted by Crippen LogP contribution is 2.47. The van der Waals surface area contributed by atoms with E-state index in [1.165, 1.54) is 122 Å². The van der Waals surface area contributed by atoms with Crippen LogP contribution < -0.4 is 0 Å². The Morgan fingerprint density at radius 2 is 0.889 bits per heavy atom. The summed E-state index contributed by atoms with van der Waals surface area (Å²) in [5.41, 5.74) is 0. The van der Waals surface area contributed by atoms with Crippen LogP contribution in [0.1, 0.15) is 213 Å². The van der Waals surface area contributed by atoms with E-state index in [4.69, 9.17) is 18.5 Å². The maximum Gasteiger partial charge on any atom is 0.472 e. The summed E-state index contributed by atoms with van der Waals surface area (Å²) in [6.45, 7) is 4.24. The molecule has 0 radical (unpaired) electrons. The lowest BCUT2D eigenvalue weighted by Crippen LogP contribution is -2.64. The van der Waals surface area contributed by atoms with E-state index in [2.05, 4.69) is 50.3 Å². The lowest BCUT2D eigenvalue weighted by atomic mass is 9.85. The fraction of sp³-hybridized carbons (Fsp3) is 0.860. The molecule has 0 spiro atoms. The standard InChI is InChI=1S/C50H93O12P/c1-3-5-7-9-11-13-15-17-19-21-23-25-27-29-31-33-35-37-39-44(51)61-43(42-60-63(57,58)62-50-48(55)46(53)45(52)47(54)49(50)56)41-59-40-38-36-34-32-30-28-26-24-22-20-18-16-14-12-10-8-6-4-2/h12,14,18-21,43,45-50,52-56H,3-11,13,15-17,22-42H2,1-2H3,(H,57,58)/b14-12-,20-18-,21-19-. The molecule has 0 heterocycles. The van der Waals surface area contributed by atoms with Crippen molar-refractivity contribution in [3.8, 4) is 0 Å². The van der Waals surface area contributed by atoms with E-state index in [9.17, 15) is 39.8 Å². The minimum atomic E-state index is -5.02. The van der Waals surface area contributed by atoms with Gasteiger partial charge in [0.1, 0.15) is 42.7 Å². The van der Waals surface area contributed by atoms with Crippen LogP contribution in [-0.2, 0) is 27.9 Å². The summed E-state index contributed by atoms with van der Waals surface area (Å²) in [5.74, 6) is -0.483. The first-order valence-corrected chi connectivity index (χ1v) is 26.8. The summed E-state index contributed by atoms with van der Waals surface area (Å²) in [5, 5.41) is 50.3. The molecule has 6 atom stereocenters. The van der Waals surface area contributed by atoms with Crippen molar-refractivity contribution in [3.05, 3.63) is 36.5 Å². The van der Waals surface area contributed by atoms with Crippen molar-refractivity contribution in [3.63, 3.8) is 0 Å². The predicted octanol–water partition coefficient (Wildman–Crippen LogP) is 11.0. The Labute approximate surface area is 382 Å². The van der Waals surface area contributed by atoms with Crippen molar-refractivity contribution < 1.29 is 58.3 Å². The number of carbonyl (C=O) groups excluding carboxylic acids is 1. The average molecular weight is 917 g/mol. The van der Waals surface area contributed by atoms with Gasteiger partial charge in [-0.2, -0.15) is 0 Å². The lowest BCUT2D eigenvalue weighted by Gasteiger charge is -2.41. The zero-order valence-corrected chi connectivity index (χ0v) is 40.5. The number of ether oxygens (including phenoxy) is 2. The molecule has 1 rings (SSSR count). The Morgan fingerprint density at radius 3 is 1.38 bits per heavy atom. The van der Waals surface area contributed by atoms with E-state index < -0.39 is 63.1 Å². The normalized spacial score (nSPS) is 22.1. The molecule has 6 N–H and O–H groups in total. The smallest absolute Gasteiger partial charge is 0.457 e. The monoisotopic (exact) mass is 917 g/mol. The van der Waals surface area contributed by atoms with Crippen LogP contribution in [0.4, 0.5) is 0 Å². The summed E-state index contributed by atoms with van der Waals surface area (Å²) in [7, 11) is -5.02. The van der Waals surface area contributed by atoms with E-state index in [1.54, 1.807) is 0 Å². The van der Waals surface area contributed by atoms with Gasteiger partial charge in [0.25, 0.3) is 0 Å². The number of phosphoric ester groups is 1. The van der Waals surface area contributed by atoms with Crippen LogP contribution in [0.15, 0.2) is 36.5 Å². The Bertz CT molecular complexity index is 1180. The number of hydrogen-bond donors (Lipinski definition) is 6. The molecule has 0 aliphatic heterocycles. The first-order chi connectivity index (χ1) is 30.5. The van der Waals surface area contributed by atoms with Crippen molar-refractivity contribution in [2.45, 2.75) is 256 Å². The van der Waals surface area contributed by atoms with Crippen LogP contribution in [-0.4, -0.2) is 98.9 Å². The van der Waals surface area contributed by atoms with Crippen molar-refractivity contribution in [1.82, 2.24) is 0 Å². The molecule has 1 saturated carbocycles. The van der Waals surface area contributed by atoms with Gasteiger partial charge in [-0.05, 0) is 70.6 Å². The van der Waals surface area contributed by atoms with E-state index >= 15 is 0 Å². The SMILES string of the molecule is CCCCC/C=C\C/C=C\CCCCCCCCCCOCC(COP(=O)(O)OC1C(O)C(O)C(O)C(O)C1O)OC(=O)CCCCCCCCC/C=C\CCCCCCCCC. The number of unbranched alkanes of at least 4 members (excludes halogenated alkanes) is 25. The molecule has 13 heteroatoms. The molecule has 370 valence electrons. The molecule has 1 aliphatic carbocycles. The summed E-state index contributed by atoms with van der Waals surface area (Å²) >= 11 is 0. The molecule has 1 aliphatic rings. The molecule has 1 fully saturated rings. The quantitative estimate of drug-likeness (QED) is 0.0147. The van der Waals surface area contributed by atoms with Crippen LogP contribution in [0.5, 0.6) is 0 Å². The zero-order valence-electron chi connectivity index (χ0n) is 39.6. The van der Waals surface area contributed by atoms with Crippen molar-refractivity contribution in [2.75, 3.05) is 19.8 Å². The fourth-order valence-corrected chi connectivity index (χ4v) is 8.65. The molecule has 0 aromatic heterocycles. The summed E-state index contributed by atoms with van der Waals surface area (Å²) in [6.07, 6.45) is 36.3. The molecule has 0 aromatic carbocycles. The number of aliphatic hydroxyl groups is 5. The molecule has 12 nitrogen and oxygen atoms in total. The Kier molecular flexibility index (Phi) is 38.6. The number of allylic oxidation sites excluding steroid dienone is 6. The minimum Gasteiger partial charge on any atom is -0.457 e. The first-order valence-electron chi connectivity index (χ1n) is 25.3. The van der Waals surface area contributed by atoms with E-state index in [1.807, 2.05) is 0 Å². The van der Waals surface area contributed by atoms with Gasteiger partial charge in [0.05, 0.1) is 13.2 Å². The number of rotatable bonds is 43. The Hall–Kier alpha value is -1.44. The summed E-state index contributed by atoms with van der Waals surface area (Å²) < 4.78 is 34.3. The second kappa shape index (κ2) is 40.8. The number of phosphoric acid groups is 1. The van der Waals surface area contributed by atoms with Gasteiger partial charge in [0.2, 0.25) is 0 Å². The summed E-state index contributed by atoms with van der Waals surface area (Å²) in [6, 6.07) is 0. The largest absolute Gasteiger partial charge is 0.472 e. The summed E-state index contributed by atoms with van der Waals surface area (Å²) in [4.78, 5) is 23.2. The van der Waals surface area contributed by atoms with Gasteiger partial charge in [-0.1, -0.05) is 172 Å². The minimum absolute atomic E-state index is 0.0813. The van der Waals surface area contributed by atoms with Crippen molar-refractivity contribution >= 4 is 13.8 Å². The fourth-order valence-electron chi connectivity index (χ4n) is 7.68. The Morgan fingerprint density at radius 1 is 0.508 bits per heavy atom. The van der Waals surface area contributed by atoms with Gasteiger partial charge >= 0.3 is 13.8 Å². The van der Waals surface area contributed by atoms with Crippen molar-refractivity contribution in [1.29, 1.82) is 0 Å². The van der Waals surface area contributed by atoms with Gasteiger partial charge in [0, 0.05) is 13.0 Å². The second-order valence-electron chi connectivity index (χ2n) is 17.7. The van der Waals surface area contributed by atoms with E-state index in [0.717, 1.165) is 64.2 Å². The van der Waals surface area contributed by atoms with Crippen LogP contribution in [0.2, 0.25) is 0 Å². The maximum atomic E-state index is 12.8. The van der Waals surface area contributed by atoms with Gasteiger partial charge in [-0.3, -0.25) is 13.8 Å². The molecular weight excluding hydrogens is 824 g/mol. The zero-order chi connectivity index (χ0) is 46.2. The van der Waals surface area contributed by atoms with Gasteiger partial charge in [-0.15, -0.1) is 0 Å². The van der Waals surface area contributed by atoms with Gasteiger partial charge in [-0.25, -0.2) is 4.57 Å². The molecule has 6 unspecified atom stereocenters. The number of esters is 1. The Balaban J connectivity index is 2.36. The van der Waals surface area contributed by atoms with Gasteiger partial charge < -0.3 is 39.9 Å². The highest BCUT2D eigenvalue weighted by atomic mass is 31.2. The predicted molar refractivity (Wildman–Crippen MR) is 253 cm³/mol. The van der Waals surface area contributed by atoms with E-state index in [0.29, 0.717) is 13.0 Å². The number of hydrogen-bond acceptors (Lipinski definition) is 11. The van der Waals surface area contributed by atoms with Crippen LogP contribution in [0, 0.1) is 0 Å². The van der Waals surface area contributed by atoms with Crippen molar-refractivity contribution in [2.24, 2.45) is 0 Å². The number of aliphatic hydroxyl groups excluding tert-OH is 5. The topological polar surface area (TPSA) is 192 Å². The number of carbonyl (C=O) groups is 1. The average Bonchev–Trinajstić information content (AvgIpc) is 3.27. The highest BCUT2D eigenvalue weighted by molar-refractivity contribution is 7.47. The van der Waals surface area contributed by atoms with Crippen LogP contribution in [0.25, 0.3) is 0 Å². The third-order valence-corrected chi connectivity index (χ3v) is 12.7. The third kappa shape index (κ3) is 32.8. The van der Waals surface area contributed by atoms with Crippen LogP contribution in [0.3, 0.4) is 0 Å². The van der Waals surface area contributed by atoms with Gasteiger partial charge in [0.15, 0.2) is 0 Å². The molecule has 0 amide bonds. The lowest BCUT2D eigenvalue weighted by molar-refractivity contribution is -0.220. The molecule has 0 saturated heterocycles. The highest BCUT2D eigenvalue weighted by Gasteiger charge is 2.51. The first kappa shape index (κ1) is 59.6. The maximum absolute atomic E-state index is 12.8.